The Morgan fingerprint density at radius 2 is 2.46 bits per heavy atom. The standard InChI is InChI=1S/C9H10N2O2/c12-4-3-11-7-8(6-10-11)9-2-1-5-13-9/h1-2,5-7,12H,3-4H2. The van der Waals surface area contributed by atoms with Crippen molar-refractivity contribution in [2.45, 2.75) is 6.54 Å². The Kier molecular flexibility index (Phi) is 2.14. The number of furan rings is 1. The van der Waals surface area contributed by atoms with Crippen LogP contribution in [0.15, 0.2) is 35.2 Å². The first kappa shape index (κ1) is 8.07. The fourth-order valence-corrected chi connectivity index (χ4v) is 1.16. The molecule has 4 nitrogen and oxygen atoms in total. The van der Waals surface area contributed by atoms with Gasteiger partial charge in [-0.25, -0.2) is 0 Å². The second-order valence-corrected chi connectivity index (χ2v) is 2.69. The molecule has 0 amide bonds. The lowest BCUT2D eigenvalue weighted by Crippen LogP contribution is -2.01. The third-order valence-corrected chi connectivity index (χ3v) is 1.77. The van der Waals surface area contributed by atoms with E-state index in [0.29, 0.717) is 6.54 Å². The first-order chi connectivity index (χ1) is 6.40. The molecule has 0 saturated carbocycles. The Hall–Kier alpha value is -1.55. The van der Waals surface area contributed by atoms with Gasteiger partial charge in [0.1, 0.15) is 5.76 Å². The van der Waals surface area contributed by atoms with E-state index < -0.39 is 0 Å². The normalized spacial score (nSPS) is 10.5. The number of hydrogen-bond donors (Lipinski definition) is 1. The van der Waals surface area contributed by atoms with E-state index >= 15 is 0 Å². The maximum Gasteiger partial charge on any atom is 0.137 e. The van der Waals surface area contributed by atoms with Crippen molar-refractivity contribution in [1.82, 2.24) is 9.78 Å². The average Bonchev–Trinajstić information content (AvgIpc) is 2.70. The lowest BCUT2D eigenvalue weighted by molar-refractivity contribution is 0.269. The zero-order chi connectivity index (χ0) is 9.10. The van der Waals surface area contributed by atoms with Gasteiger partial charge in [0.05, 0.1) is 31.2 Å². The molecule has 0 aromatic carbocycles. The molecule has 0 fully saturated rings. The molecule has 2 aromatic heterocycles. The van der Waals surface area contributed by atoms with Crippen LogP contribution in [0, 0.1) is 0 Å². The molecule has 4 heteroatoms. The first-order valence-corrected chi connectivity index (χ1v) is 4.07. The summed E-state index contributed by atoms with van der Waals surface area (Å²) in [5.41, 5.74) is 0.929. The maximum atomic E-state index is 8.68. The predicted octanol–water partition coefficient (Wildman–Crippen LogP) is 1.14. The summed E-state index contributed by atoms with van der Waals surface area (Å²) in [5.74, 6) is 0.796. The molecule has 0 aliphatic rings. The minimum atomic E-state index is 0.0965. The summed E-state index contributed by atoms with van der Waals surface area (Å²) in [5, 5.41) is 12.7. The van der Waals surface area contributed by atoms with Gasteiger partial charge in [0.25, 0.3) is 0 Å². The minimum Gasteiger partial charge on any atom is -0.464 e. The lowest BCUT2D eigenvalue weighted by atomic mass is 10.3. The van der Waals surface area contributed by atoms with E-state index in [4.69, 9.17) is 9.52 Å². The molecule has 0 bridgehead atoms. The summed E-state index contributed by atoms with van der Waals surface area (Å²) in [6, 6.07) is 3.71. The first-order valence-electron chi connectivity index (χ1n) is 4.07. The van der Waals surface area contributed by atoms with Crippen LogP contribution in [0.25, 0.3) is 11.3 Å². The van der Waals surface area contributed by atoms with E-state index in [2.05, 4.69) is 5.10 Å². The highest BCUT2D eigenvalue weighted by Gasteiger charge is 2.02. The molecule has 0 aliphatic carbocycles. The number of nitrogens with zero attached hydrogens (tertiary/aromatic N) is 2. The highest BCUT2D eigenvalue weighted by molar-refractivity contribution is 5.54. The predicted molar refractivity (Wildman–Crippen MR) is 47.0 cm³/mol. The van der Waals surface area contributed by atoms with Crippen LogP contribution in [-0.4, -0.2) is 21.5 Å². The van der Waals surface area contributed by atoms with Crippen LogP contribution < -0.4 is 0 Å². The summed E-state index contributed by atoms with van der Waals surface area (Å²) < 4.78 is 6.87. The maximum absolute atomic E-state index is 8.68. The van der Waals surface area contributed by atoms with E-state index in [9.17, 15) is 0 Å². The molecule has 0 saturated heterocycles. The van der Waals surface area contributed by atoms with Gasteiger partial charge in [-0.1, -0.05) is 0 Å². The van der Waals surface area contributed by atoms with E-state index in [1.54, 1.807) is 17.1 Å². The van der Waals surface area contributed by atoms with Crippen LogP contribution in [0.5, 0.6) is 0 Å². The van der Waals surface area contributed by atoms with Crippen LogP contribution in [0.4, 0.5) is 0 Å². The Morgan fingerprint density at radius 3 is 3.15 bits per heavy atom. The topological polar surface area (TPSA) is 51.2 Å². The van der Waals surface area contributed by atoms with Gasteiger partial charge >= 0.3 is 0 Å². The van der Waals surface area contributed by atoms with Crippen molar-refractivity contribution in [3.8, 4) is 11.3 Å². The van der Waals surface area contributed by atoms with E-state index in [1.807, 2.05) is 18.3 Å². The fraction of sp³-hybridized carbons (Fsp3) is 0.222. The molecule has 2 rings (SSSR count). The molecule has 2 aromatic rings. The summed E-state index contributed by atoms with van der Waals surface area (Å²) in [4.78, 5) is 0. The molecule has 0 aliphatic heterocycles. The molecule has 13 heavy (non-hydrogen) atoms. The average molecular weight is 178 g/mol. The Balaban J connectivity index is 2.23. The van der Waals surface area contributed by atoms with E-state index in [1.165, 1.54) is 0 Å². The number of hydrogen-bond acceptors (Lipinski definition) is 3. The van der Waals surface area contributed by atoms with Gasteiger partial charge in [-0.15, -0.1) is 0 Å². The van der Waals surface area contributed by atoms with Crippen molar-refractivity contribution >= 4 is 0 Å². The van der Waals surface area contributed by atoms with Crippen molar-refractivity contribution in [2.24, 2.45) is 0 Å². The monoisotopic (exact) mass is 178 g/mol. The molecule has 2 heterocycles. The zero-order valence-corrected chi connectivity index (χ0v) is 7.05. The molecule has 0 atom stereocenters. The summed E-state index contributed by atoms with van der Waals surface area (Å²) in [6.45, 7) is 0.611. The van der Waals surface area contributed by atoms with Crippen LogP contribution >= 0.6 is 0 Å². The van der Waals surface area contributed by atoms with Gasteiger partial charge in [0, 0.05) is 6.20 Å². The Bertz CT molecular complexity index is 365. The number of aliphatic hydroxyl groups excluding tert-OH is 1. The SMILES string of the molecule is OCCn1cc(-c2ccco2)cn1. The number of aliphatic hydroxyl groups is 1. The van der Waals surface area contributed by atoms with Crippen molar-refractivity contribution in [1.29, 1.82) is 0 Å². The third kappa shape index (κ3) is 1.62. The molecular weight excluding hydrogens is 168 g/mol. The minimum absolute atomic E-state index is 0.0965. The van der Waals surface area contributed by atoms with Gasteiger partial charge in [-0.05, 0) is 12.1 Å². The highest BCUT2D eigenvalue weighted by atomic mass is 16.3. The third-order valence-electron chi connectivity index (χ3n) is 1.77. The van der Waals surface area contributed by atoms with Gasteiger partial charge in [-0.3, -0.25) is 4.68 Å². The second kappa shape index (κ2) is 3.45. The molecule has 0 unspecified atom stereocenters. The Labute approximate surface area is 75.4 Å². The van der Waals surface area contributed by atoms with E-state index in [-0.39, 0.29) is 6.61 Å². The second-order valence-electron chi connectivity index (χ2n) is 2.69. The molecule has 1 N–H and O–H groups in total. The quantitative estimate of drug-likeness (QED) is 0.766. The van der Waals surface area contributed by atoms with Crippen LogP contribution in [0.2, 0.25) is 0 Å². The summed E-state index contributed by atoms with van der Waals surface area (Å²) >= 11 is 0. The van der Waals surface area contributed by atoms with Gasteiger partial charge in [0.15, 0.2) is 0 Å². The molecule has 68 valence electrons. The molecular formula is C9H10N2O2. The number of rotatable bonds is 3. The zero-order valence-electron chi connectivity index (χ0n) is 7.05. The van der Waals surface area contributed by atoms with Gasteiger partial charge < -0.3 is 9.52 Å². The Morgan fingerprint density at radius 1 is 1.54 bits per heavy atom. The van der Waals surface area contributed by atoms with Crippen LogP contribution in [-0.2, 0) is 6.54 Å². The smallest absolute Gasteiger partial charge is 0.137 e. The van der Waals surface area contributed by atoms with Crippen molar-refractivity contribution < 1.29 is 9.52 Å². The van der Waals surface area contributed by atoms with Crippen molar-refractivity contribution in [3.63, 3.8) is 0 Å². The van der Waals surface area contributed by atoms with Crippen LogP contribution in [0.3, 0.4) is 0 Å². The summed E-state index contributed by atoms with van der Waals surface area (Å²) in [6.07, 6.45) is 5.18. The fourth-order valence-electron chi connectivity index (χ4n) is 1.16. The van der Waals surface area contributed by atoms with Crippen molar-refractivity contribution in [2.75, 3.05) is 6.61 Å². The molecule has 0 spiro atoms. The van der Waals surface area contributed by atoms with E-state index in [0.717, 1.165) is 11.3 Å². The highest BCUT2D eigenvalue weighted by Crippen LogP contribution is 2.18. The van der Waals surface area contributed by atoms with Gasteiger partial charge in [0.2, 0.25) is 0 Å². The largest absolute Gasteiger partial charge is 0.464 e. The number of aromatic nitrogens is 2. The molecule has 0 radical (unpaired) electrons. The van der Waals surface area contributed by atoms with Gasteiger partial charge in [-0.2, -0.15) is 5.10 Å². The van der Waals surface area contributed by atoms with Crippen LogP contribution in [0.1, 0.15) is 0 Å². The van der Waals surface area contributed by atoms with Crippen molar-refractivity contribution in [3.05, 3.63) is 30.8 Å². The summed E-state index contributed by atoms with van der Waals surface area (Å²) in [7, 11) is 0. The lowest BCUT2D eigenvalue weighted by Gasteiger charge is -1.93.